The average molecular weight is 383 g/mol. The zero-order valence-electron chi connectivity index (χ0n) is 14.5. The standard InChI is InChI=1S/C19H24Cl2N2O2/c1-22(18(25)12-13-7-8-14(20)15(21)11-13)19-16(5-4-6-17(19)24)23-9-2-3-10-23/h7-8,11,16,19H,2-6,9-10,12H2,1H3/t16-,19+/m1/s1. The van der Waals surface area contributed by atoms with Crippen LogP contribution in [-0.2, 0) is 16.0 Å². The first-order valence-corrected chi connectivity index (χ1v) is 9.69. The van der Waals surface area contributed by atoms with Crippen LogP contribution in [0.25, 0.3) is 0 Å². The molecule has 1 aliphatic heterocycles. The fourth-order valence-electron chi connectivity index (χ4n) is 4.04. The fraction of sp³-hybridized carbons (Fsp3) is 0.579. The first kappa shape index (κ1) is 18.7. The summed E-state index contributed by atoms with van der Waals surface area (Å²) >= 11 is 12.0. The maximum Gasteiger partial charge on any atom is 0.227 e. The van der Waals surface area contributed by atoms with Crippen LogP contribution in [0, 0.1) is 0 Å². The number of hydrogen-bond acceptors (Lipinski definition) is 3. The van der Waals surface area contributed by atoms with Gasteiger partial charge in [0.25, 0.3) is 0 Å². The van der Waals surface area contributed by atoms with Gasteiger partial charge in [-0.2, -0.15) is 0 Å². The first-order valence-electron chi connectivity index (χ1n) is 8.93. The Morgan fingerprint density at radius 3 is 2.60 bits per heavy atom. The van der Waals surface area contributed by atoms with Crippen molar-refractivity contribution in [1.29, 1.82) is 0 Å². The molecule has 0 bridgehead atoms. The Morgan fingerprint density at radius 1 is 1.20 bits per heavy atom. The third-order valence-corrected chi connectivity index (χ3v) is 6.12. The molecule has 0 N–H and O–H groups in total. The number of benzene rings is 1. The third kappa shape index (κ3) is 4.18. The smallest absolute Gasteiger partial charge is 0.227 e. The summed E-state index contributed by atoms with van der Waals surface area (Å²) in [7, 11) is 1.76. The van der Waals surface area contributed by atoms with E-state index in [0.29, 0.717) is 16.5 Å². The average Bonchev–Trinajstić information content (AvgIpc) is 3.12. The van der Waals surface area contributed by atoms with Gasteiger partial charge in [-0.25, -0.2) is 0 Å². The monoisotopic (exact) mass is 382 g/mol. The summed E-state index contributed by atoms with van der Waals surface area (Å²) in [5.74, 6) is 0.135. The molecule has 4 nitrogen and oxygen atoms in total. The second kappa shape index (κ2) is 8.07. The van der Waals surface area contributed by atoms with Crippen molar-refractivity contribution >= 4 is 34.9 Å². The van der Waals surface area contributed by atoms with Gasteiger partial charge < -0.3 is 4.90 Å². The number of ketones is 1. The van der Waals surface area contributed by atoms with Gasteiger partial charge in [0.2, 0.25) is 5.91 Å². The number of nitrogens with zero attached hydrogens (tertiary/aromatic N) is 2. The van der Waals surface area contributed by atoms with Crippen molar-refractivity contribution in [1.82, 2.24) is 9.80 Å². The third-order valence-electron chi connectivity index (χ3n) is 5.38. The van der Waals surface area contributed by atoms with Crippen LogP contribution in [0.1, 0.15) is 37.7 Å². The lowest BCUT2D eigenvalue weighted by molar-refractivity contribution is -0.141. The molecule has 136 valence electrons. The van der Waals surface area contributed by atoms with Crippen LogP contribution in [0.3, 0.4) is 0 Å². The van der Waals surface area contributed by atoms with Crippen LogP contribution in [0.4, 0.5) is 0 Å². The first-order chi connectivity index (χ1) is 12.0. The Kier molecular flexibility index (Phi) is 6.03. The molecule has 0 spiro atoms. The molecule has 2 aliphatic rings. The molecule has 1 amide bonds. The summed E-state index contributed by atoms with van der Waals surface area (Å²) in [6.07, 6.45) is 5.06. The van der Waals surface area contributed by atoms with E-state index in [2.05, 4.69) is 4.90 Å². The van der Waals surface area contributed by atoms with Crippen LogP contribution in [0.15, 0.2) is 18.2 Å². The SMILES string of the molecule is CN(C(=O)Cc1ccc(Cl)c(Cl)c1)[C@@H]1C(=O)CCC[C@H]1N1CCCC1. The second-order valence-corrected chi connectivity index (χ2v) is 7.86. The van der Waals surface area contributed by atoms with E-state index in [1.165, 1.54) is 12.8 Å². The van der Waals surface area contributed by atoms with Gasteiger partial charge in [-0.3, -0.25) is 14.5 Å². The van der Waals surface area contributed by atoms with E-state index in [4.69, 9.17) is 23.2 Å². The molecule has 25 heavy (non-hydrogen) atoms. The molecule has 2 atom stereocenters. The minimum Gasteiger partial charge on any atom is -0.334 e. The van der Waals surface area contributed by atoms with Crippen molar-refractivity contribution in [2.45, 2.75) is 50.6 Å². The Labute approximate surface area is 159 Å². The van der Waals surface area contributed by atoms with E-state index in [0.717, 1.165) is 31.5 Å². The highest BCUT2D eigenvalue weighted by Gasteiger charge is 2.40. The van der Waals surface area contributed by atoms with Crippen LogP contribution in [-0.4, -0.2) is 53.7 Å². The molecule has 1 aromatic carbocycles. The van der Waals surface area contributed by atoms with Crippen molar-refractivity contribution in [3.8, 4) is 0 Å². The normalized spacial score (nSPS) is 24.5. The topological polar surface area (TPSA) is 40.6 Å². The van der Waals surface area contributed by atoms with E-state index < -0.39 is 0 Å². The van der Waals surface area contributed by atoms with Gasteiger partial charge in [-0.15, -0.1) is 0 Å². The summed E-state index contributed by atoms with van der Waals surface area (Å²) in [5, 5.41) is 0.918. The lowest BCUT2D eigenvalue weighted by atomic mass is 9.87. The molecule has 1 saturated heterocycles. The van der Waals surface area contributed by atoms with Crippen molar-refractivity contribution in [2.24, 2.45) is 0 Å². The van der Waals surface area contributed by atoms with Crippen molar-refractivity contribution in [2.75, 3.05) is 20.1 Å². The Balaban J connectivity index is 1.73. The van der Waals surface area contributed by atoms with Crippen LogP contribution >= 0.6 is 23.2 Å². The number of hydrogen-bond donors (Lipinski definition) is 0. The number of carbonyl (C=O) groups is 2. The van der Waals surface area contributed by atoms with Gasteiger partial charge in [-0.1, -0.05) is 29.3 Å². The zero-order valence-corrected chi connectivity index (χ0v) is 16.0. The molecule has 1 saturated carbocycles. The lowest BCUT2D eigenvalue weighted by Gasteiger charge is -2.41. The van der Waals surface area contributed by atoms with E-state index in [1.54, 1.807) is 30.1 Å². The van der Waals surface area contributed by atoms with E-state index in [9.17, 15) is 9.59 Å². The molecule has 0 unspecified atom stereocenters. The molecule has 3 rings (SSSR count). The highest BCUT2D eigenvalue weighted by Crippen LogP contribution is 2.28. The number of rotatable bonds is 4. The summed E-state index contributed by atoms with van der Waals surface area (Å²) in [6, 6.07) is 5.05. The van der Waals surface area contributed by atoms with Crippen molar-refractivity contribution in [3.63, 3.8) is 0 Å². The molecule has 1 aliphatic carbocycles. The Hall–Kier alpha value is -1.10. The molecule has 1 aromatic rings. The van der Waals surface area contributed by atoms with E-state index in [1.807, 2.05) is 0 Å². The number of halogens is 2. The number of carbonyl (C=O) groups excluding carboxylic acids is 2. The fourth-order valence-corrected chi connectivity index (χ4v) is 4.36. The number of likely N-dealkylation sites (N-methyl/N-ethyl adjacent to an activating group) is 1. The Morgan fingerprint density at radius 2 is 1.92 bits per heavy atom. The van der Waals surface area contributed by atoms with Gasteiger partial charge in [0, 0.05) is 19.5 Å². The van der Waals surface area contributed by atoms with Crippen LogP contribution in [0.2, 0.25) is 10.0 Å². The summed E-state index contributed by atoms with van der Waals surface area (Å²) < 4.78 is 0. The number of Topliss-reactive ketones (excluding diaryl/α,β-unsaturated/α-hetero) is 1. The molecule has 0 aromatic heterocycles. The maximum atomic E-state index is 12.8. The highest BCUT2D eigenvalue weighted by molar-refractivity contribution is 6.42. The largest absolute Gasteiger partial charge is 0.334 e. The summed E-state index contributed by atoms with van der Waals surface area (Å²) in [4.78, 5) is 29.4. The maximum absolute atomic E-state index is 12.8. The molecule has 6 heteroatoms. The zero-order chi connectivity index (χ0) is 18.0. The molecule has 0 radical (unpaired) electrons. The van der Waals surface area contributed by atoms with E-state index >= 15 is 0 Å². The van der Waals surface area contributed by atoms with Crippen LogP contribution in [0.5, 0.6) is 0 Å². The quantitative estimate of drug-likeness (QED) is 0.798. The highest BCUT2D eigenvalue weighted by atomic mass is 35.5. The van der Waals surface area contributed by atoms with Gasteiger partial charge in [-0.05, 0) is 56.5 Å². The molecular weight excluding hydrogens is 359 g/mol. The minimum atomic E-state index is -0.331. The summed E-state index contributed by atoms with van der Waals surface area (Å²) in [6.45, 7) is 2.06. The molecule has 2 fully saturated rings. The van der Waals surface area contributed by atoms with Crippen LogP contribution < -0.4 is 0 Å². The number of likely N-dealkylation sites (tertiary alicyclic amines) is 1. The van der Waals surface area contributed by atoms with E-state index in [-0.39, 0.29) is 30.2 Å². The number of amides is 1. The predicted molar refractivity (Wildman–Crippen MR) is 100 cm³/mol. The molecule has 1 heterocycles. The summed E-state index contributed by atoms with van der Waals surface area (Å²) in [5.41, 5.74) is 0.812. The van der Waals surface area contributed by atoms with Gasteiger partial charge in [0.15, 0.2) is 5.78 Å². The predicted octanol–water partition coefficient (Wildman–Crippen LogP) is 3.58. The Bertz CT molecular complexity index is 659. The lowest BCUT2D eigenvalue weighted by Crippen LogP contribution is -2.57. The second-order valence-electron chi connectivity index (χ2n) is 7.04. The van der Waals surface area contributed by atoms with Crippen molar-refractivity contribution in [3.05, 3.63) is 33.8 Å². The van der Waals surface area contributed by atoms with Gasteiger partial charge in [0.05, 0.1) is 16.5 Å². The molecular formula is C19H24Cl2N2O2. The van der Waals surface area contributed by atoms with Gasteiger partial charge >= 0.3 is 0 Å². The van der Waals surface area contributed by atoms with Crippen molar-refractivity contribution < 1.29 is 9.59 Å². The minimum absolute atomic E-state index is 0.0529. The van der Waals surface area contributed by atoms with Gasteiger partial charge in [0.1, 0.15) is 6.04 Å².